The highest BCUT2D eigenvalue weighted by molar-refractivity contribution is 9.10. The van der Waals surface area contributed by atoms with Gasteiger partial charge in [-0.2, -0.15) is 5.26 Å². The van der Waals surface area contributed by atoms with E-state index < -0.39 is 0 Å². The topological polar surface area (TPSA) is 35.8 Å². The molecule has 4 heteroatoms. The Morgan fingerprint density at radius 2 is 2.10 bits per heavy atom. The summed E-state index contributed by atoms with van der Waals surface area (Å²) in [6.07, 6.45) is 0. The van der Waals surface area contributed by atoms with Gasteiger partial charge in [-0.25, -0.2) is 0 Å². The molecule has 0 aliphatic carbocycles. The maximum atomic E-state index is 8.82. The minimum absolute atomic E-state index is 0.221. The third kappa shape index (κ3) is 3.83. The molecule has 2 aromatic rings. The Hall–Kier alpha value is -1.34. The molecular weight excluding hydrogens is 336 g/mol. The molecule has 1 atom stereocenters. The summed E-state index contributed by atoms with van der Waals surface area (Å²) in [5.74, 6) is 0. The van der Waals surface area contributed by atoms with Crippen LogP contribution in [0.2, 0.25) is 5.02 Å². The summed E-state index contributed by atoms with van der Waals surface area (Å²) in [5, 5.41) is 12.9. The Morgan fingerprint density at radius 1 is 1.30 bits per heavy atom. The van der Waals surface area contributed by atoms with Crippen LogP contribution < -0.4 is 5.32 Å². The summed E-state index contributed by atoms with van der Waals surface area (Å²) >= 11 is 9.64. The zero-order chi connectivity index (χ0) is 14.5. The molecule has 20 heavy (non-hydrogen) atoms. The molecule has 0 fully saturated rings. The SMILES string of the molecule is CC(NCc1ccc(C#N)cc1Cl)c1cccc(Br)c1. The molecule has 0 amide bonds. The van der Waals surface area contributed by atoms with Gasteiger partial charge >= 0.3 is 0 Å². The van der Waals surface area contributed by atoms with E-state index in [0.29, 0.717) is 17.1 Å². The van der Waals surface area contributed by atoms with Crippen molar-refractivity contribution in [2.45, 2.75) is 19.5 Å². The van der Waals surface area contributed by atoms with Crippen LogP contribution in [0.3, 0.4) is 0 Å². The molecule has 1 N–H and O–H groups in total. The number of nitriles is 1. The number of hydrogen-bond acceptors (Lipinski definition) is 2. The van der Waals surface area contributed by atoms with E-state index in [-0.39, 0.29) is 6.04 Å². The second-order valence-corrected chi connectivity index (χ2v) is 5.90. The molecule has 0 saturated heterocycles. The Morgan fingerprint density at radius 3 is 2.75 bits per heavy atom. The lowest BCUT2D eigenvalue weighted by atomic mass is 10.1. The maximum absolute atomic E-state index is 8.82. The zero-order valence-electron chi connectivity index (χ0n) is 11.0. The lowest BCUT2D eigenvalue weighted by Gasteiger charge is -2.15. The van der Waals surface area contributed by atoms with Crippen LogP contribution in [0.4, 0.5) is 0 Å². The zero-order valence-corrected chi connectivity index (χ0v) is 13.4. The van der Waals surface area contributed by atoms with E-state index in [0.717, 1.165) is 10.0 Å². The molecule has 0 aliphatic rings. The number of rotatable bonds is 4. The summed E-state index contributed by atoms with van der Waals surface area (Å²) in [6, 6.07) is 15.9. The van der Waals surface area contributed by atoms with Gasteiger partial charge in [-0.3, -0.25) is 0 Å². The van der Waals surface area contributed by atoms with Crippen LogP contribution in [-0.4, -0.2) is 0 Å². The number of nitrogens with one attached hydrogen (secondary N) is 1. The molecule has 0 spiro atoms. The molecule has 1 unspecified atom stereocenters. The maximum Gasteiger partial charge on any atom is 0.0992 e. The molecule has 0 aliphatic heterocycles. The molecule has 0 saturated carbocycles. The van der Waals surface area contributed by atoms with E-state index in [1.807, 2.05) is 18.2 Å². The van der Waals surface area contributed by atoms with E-state index in [9.17, 15) is 0 Å². The predicted octanol–water partition coefficient (Wildman–Crippen LogP) is 4.82. The van der Waals surface area contributed by atoms with Gasteiger partial charge in [0.05, 0.1) is 11.6 Å². The van der Waals surface area contributed by atoms with Crippen LogP contribution >= 0.6 is 27.5 Å². The monoisotopic (exact) mass is 348 g/mol. The normalized spacial score (nSPS) is 11.9. The first-order chi connectivity index (χ1) is 9.60. The molecule has 2 rings (SSSR count). The smallest absolute Gasteiger partial charge is 0.0992 e. The van der Waals surface area contributed by atoms with Gasteiger partial charge in [0.2, 0.25) is 0 Å². The number of hydrogen-bond donors (Lipinski definition) is 1. The highest BCUT2D eigenvalue weighted by Crippen LogP contribution is 2.21. The van der Waals surface area contributed by atoms with Crippen LogP contribution in [0.1, 0.15) is 29.7 Å². The summed E-state index contributed by atoms with van der Waals surface area (Å²) in [6.45, 7) is 2.78. The van der Waals surface area contributed by atoms with Gasteiger partial charge in [-0.05, 0) is 42.3 Å². The van der Waals surface area contributed by atoms with E-state index in [4.69, 9.17) is 16.9 Å². The first-order valence-electron chi connectivity index (χ1n) is 6.27. The lowest BCUT2D eigenvalue weighted by molar-refractivity contribution is 0.574. The van der Waals surface area contributed by atoms with Crippen LogP contribution in [0.5, 0.6) is 0 Å². The number of halogens is 2. The van der Waals surface area contributed by atoms with Crippen molar-refractivity contribution in [1.82, 2.24) is 5.32 Å². The van der Waals surface area contributed by atoms with Crippen molar-refractivity contribution in [2.24, 2.45) is 0 Å². The third-order valence-corrected chi connectivity index (χ3v) is 3.97. The highest BCUT2D eigenvalue weighted by atomic mass is 79.9. The largest absolute Gasteiger partial charge is 0.306 e. The highest BCUT2D eigenvalue weighted by Gasteiger charge is 2.07. The van der Waals surface area contributed by atoms with E-state index in [1.165, 1.54) is 5.56 Å². The average Bonchev–Trinajstić information content (AvgIpc) is 2.45. The fourth-order valence-electron chi connectivity index (χ4n) is 1.92. The van der Waals surface area contributed by atoms with Crippen LogP contribution in [-0.2, 0) is 6.54 Å². The van der Waals surface area contributed by atoms with Crippen molar-refractivity contribution >= 4 is 27.5 Å². The number of nitrogens with zero attached hydrogens (tertiary/aromatic N) is 1. The molecule has 0 bridgehead atoms. The molecule has 102 valence electrons. The second kappa shape index (κ2) is 6.90. The average molecular weight is 350 g/mol. The minimum Gasteiger partial charge on any atom is -0.306 e. The van der Waals surface area contributed by atoms with E-state index in [1.54, 1.807) is 12.1 Å². The van der Waals surface area contributed by atoms with Gasteiger partial charge in [-0.1, -0.05) is 45.7 Å². The van der Waals surface area contributed by atoms with Gasteiger partial charge in [-0.15, -0.1) is 0 Å². The quantitative estimate of drug-likeness (QED) is 0.858. The van der Waals surface area contributed by atoms with Crippen LogP contribution in [0.15, 0.2) is 46.9 Å². The Balaban J connectivity index is 2.04. The summed E-state index contributed by atoms with van der Waals surface area (Å²) < 4.78 is 1.07. The molecule has 0 radical (unpaired) electrons. The first kappa shape index (κ1) is 15.1. The molecule has 0 heterocycles. The molecular formula is C16H14BrClN2. The molecule has 0 aromatic heterocycles. The lowest BCUT2D eigenvalue weighted by Crippen LogP contribution is -2.18. The van der Waals surface area contributed by atoms with Crippen molar-refractivity contribution in [3.8, 4) is 6.07 Å². The van der Waals surface area contributed by atoms with Crippen molar-refractivity contribution in [3.63, 3.8) is 0 Å². The van der Waals surface area contributed by atoms with Gasteiger partial charge in [0.25, 0.3) is 0 Å². The molecule has 2 nitrogen and oxygen atoms in total. The Kier molecular flexibility index (Phi) is 5.19. The van der Waals surface area contributed by atoms with Crippen molar-refractivity contribution in [2.75, 3.05) is 0 Å². The second-order valence-electron chi connectivity index (χ2n) is 4.58. The fraction of sp³-hybridized carbons (Fsp3) is 0.188. The first-order valence-corrected chi connectivity index (χ1v) is 7.44. The van der Waals surface area contributed by atoms with E-state index in [2.05, 4.69) is 46.4 Å². The van der Waals surface area contributed by atoms with Gasteiger partial charge < -0.3 is 5.32 Å². The van der Waals surface area contributed by atoms with Crippen molar-refractivity contribution in [1.29, 1.82) is 5.26 Å². The summed E-state index contributed by atoms with van der Waals surface area (Å²) in [4.78, 5) is 0. The standard InChI is InChI=1S/C16H14BrClN2/c1-11(13-3-2-4-15(17)8-13)20-10-14-6-5-12(9-19)7-16(14)18/h2-8,11,20H,10H2,1H3. The van der Waals surface area contributed by atoms with Crippen LogP contribution in [0.25, 0.3) is 0 Å². The summed E-state index contributed by atoms with van der Waals surface area (Å²) in [7, 11) is 0. The summed E-state index contributed by atoms with van der Waals surface area (Å²) in [5.41, 5.74) is 2.79. The number of benzene rings is 2. The van der Waals surface area contributed by atoms with E-state index >= 15 is 0 Å². The van der Waals surface area contributed by atoms with Gasteiger partial charge in [0, 0.05) is 22.1 Å². The fourth-order valence-corrected chi connectivity index (χ4v) is 2.58. The minimum atomic E-state index is 0.221. The predicted molar refractivity (Wildman–Crippen MR) is 85.6 cm³/mol. The third-order valence-electron chi connectivity index (χ3n) is 3.13. The van der Waals surface area contributed by atoms with Crippen molar-refractivity contribution < 1.29 is 0 Å². The Bertz CT molecular complexity index is 649. The van der Waals surface area contributed by atoms with Gasteiger partial charge in [0.1, 0.15) is 0 Å². The van der Waals surface area contributed by atoms with Crippen LogP contribution in [0, 0.1) is 11.3 Å². The van der Waals surface area contributed by atoms with Crippen molar-refractivity contribution in [3.05, 3.63) is 68.7 Å². The molecule has 2 aromatic carbocycles. The Labute approximate surface area is 132 Å². The van der Waals surface area contributed by atoms with Gasteiger partial charge in [0.15, 0.2) is 0 Å².